The Labute approximate surface area is 142 Å². The Morgan fingerprint density at radius 3 is 2.62 bits per heavy atom. The highest BCUT2D eigenvalue weighted by atomic mass is 16.3. The van der Waals surface area contributed by atoms with E-state index < -0.39 is 5.41 Å². The number of allylic oxidation sites excluding steroid dienone is 2. The molecule has 2 bridgehead atoms. The predicted molar refractivity (Wildman–Crippen MR) is 91.5 cm³/mol. The molecule has 2 amide bonds. The highest BCUT2D eigenvalue weighted by Gasteiger charge is 2.60. The van der Waals surface area contributed by atoms with Gasteiger partial charge in [0.25, 0.3) is 5.91 Å². The molecule has 0 spiro atoms. The largest absolute Gasteiger partial charge is 0.466 e. The van der Waals surface area contributed by atoms with E-state index in [2.05, 4.69) is 6.08 Å². The summed E-state index contributed by atoms with van der Waals surface area (Å²) in [5.41, 5.74) is 6.95. The van der Waals surface area contributed by atoms with Crippen molar-refractivity contribution >= 4 is 11.8 Å². The van der Waals surface area contributed by atoms with Crippen LogP contribution in [0.4, 0.5) is 0 Å². The van der Waals surface area contributed by atoms with Gasteiger partial charge in [-0.25, -0.2) is 0 Å². The van der Waals surface area contributed by atoms with Gasteiger partial charge in [0, 0.05) is 12.1 Å². The van der Waals surface area contributed by atoms with Gasteiger partial charge in [-0.05, 0) is 59.4 Å². The summed E-state index contributed by atoms with van der Waals surface area (Å²) < 4.78 is 5.52. The van der Waals surface area contributed by atoms with Gasteiger partial charge in [0.1, 0.15) is 11.5 Å². The highest BCUT2D eigenvalue weighted by molar-refractivity contribution is 5.97. The number of fused-ring (bicyclic) bond motifs is 2. The van der Waals surface area contributed by atoms with Gasteiger partial charge in [-0.1, -0.05) is 11.6 Å². The highest BCUT2D eigenvalue weighted by Crippen LogP contribution is 2.52. The molecule has 0 radical (unpaired) electrons. The van der Waals surface area contributed by atoms with Crippen molar-refractivity contribution in [1.82, 2.24) is 4.90 Å². The smallest absolute Gasteiger partial charge is 0.257 e. The van der Waals surface area contributed by atoms with Crippen molar-refractivity contribution in [2.24, 2.45) is 11.1 Å². The number of nitrogens with zero attached hydrogens (tertiary/aromatic N) is 1. The minimum absolute atomic E-state index is 0.0304. The first-order valence-electron chi connectivity index (χ1n) is 8.59. The summed E-state index contributed by atoms with van der Waals surface area (Å²) >= 11 is 0. The quantitative estimate of drug-likeness (QED) is 0.862. The lowest BCUT2D eigenvalue weighted by Gasteiger charge is -2.33. The van der Waals surface area contributed by atoms with Crippen molar-refractivity contribution in [3.05, 3.63) is 34.8 Å². The molecular weight excluding hydrogens is 304 g/mol. The third-order valence-corrected chi connectivity index (χ3v) is 5.61. The van der Waals surface area contributed by atoms with E-state index in [0.29, 0.717) is 24.2 Å². The molecule has 3 atom stereocenters. The Hall–Kier alpha value is -2.04. The summed E-state index contributed by atoms with van der Waals surface area (Å²) in [7, 11) is 0. The molecule has 130 valence electrons. The van der Waals surface area contributed by atoms with Gasteiger partial charge in [-0.3, -0.25) is 9.59 Å². The third kappa shape index (κ3) is 2.46. The molecule has 5 heteroatoms. The first-order chi connectivity index (χ1) is 11.3. The SMILES string of the molecule is CC(C)=CC[C@@]1(C(N)=O)C[C@@H]2CC[C@H]1N2C(=O)c1cc(C)oc1C. The molecule has 3 rings (SSSR count). The molecule has 2 fully saturated rings. The second kappa shape index (κ2) is 5.80. The van der Waals surface area contributed by atoms with E-state index >= 15 is 0 Å². The summed E-state index contributed by atoms with van der Waals surface area (Å²) in [5, 5.41) is 0. The topological polar surface area (TPSA) is 76.5 Å². The summed E-state index contributed by atoms with van der Waals surface area (Å²) in [6.07, 6.45) is 5.13. The van der Waals surface area contributed by atoms with Crippen LogP contribution in [0.5, 0.6) is 0 Å². The van der Waals surface area contributed by atoms with E-state index in [1.54, 1.807) is 6.07 Å². The van der Waals surface area contributed by atoms with E-state index in [-0.39, 0.29) is 23.9 Å². The normalized spacial score (nSPS) is 28.2. The maximum Gasteiger partial charge on any atom is 0.257 e. The lowest BCUT2D eigenvalue weighted by molar-refractivity contribution is -0.129. The van der Waals surface area contributed by atoms with Crippen molar-refractivity contribution in [2.45, 2.75) is 65.5 Å². The second-order valence-electron chi connectivity index (χ2n) is 7.50. The van der Waals surface area contributed by atoms with Crippen LogP contribution in [0.2, 0.25) is 0 Å². The molecule has 0 aromatic carbocycles. The van der Waals surface area contributed by atoms with Crippen LogP contribution in [0.15, 0.2) is 22.1 Å². The van der Waals surface area contributed by atoms with Gasteiger partial charge in [-0.2, -0.15) is 0 Å². The van der Waals surface area contributed by atoms with E-state index in [0.717, 1.165) is 24.2 Å². The number of nitrogens with two attached hydrogens (primary N) is 1. The number of amides is 2. The number of primary amides is 1. The van der Waals surface area contributed by atoms with Crippen LogP contribution in [0.1, 0.15) is 61.4 Å². The van der Waals surface area contributed by atoms with Crippen LogP contribution >= 0.6 is 0 Å². The molecule has 3 heterocycles. The molecule has 0 aliphatic carbocycles. The molecule has 2 N–H and O–H groups in total. The number of carbonyl (C=O) groups is 2. The summed E-state index contributed by atoms with van der Waals surface area (Å²) in [6.45, 7) is 7.68. The average Bonchev–Trinajstić information content (AvgIpc) is 3.15. The van der Waals surface area contributed by atoms with Crippen LogP contribution < -0.4 is 5.73 Å². The molecule has 1 aromatic rings. The zero-order chi connectivity index (χ0) is 17.6. The van der Waals surface area contributed by atoms with Gasteiger partial charge in [0.15, 0.2) is 0 Å². The summed E-state index contributed by atoms with van der Waals surface area (Å²) in [6, 6.07) is 1.77. The molecular formula is C19H26N2O3. The van der Waals surface area contributed by atoms with Crippen LogP contribution in [-0.2, 0) is 4.79 Å². The predicted octanol–water partition coefficient (Wildman–Crippen LogP) is 3.10. The fraction of sp³-hybridized carbons (Fsp3) is 0.579. The molecule has 0 saturated carbocycles. The number of furan rings is 1. The van der Waals surface area contributed by atoms with Crippen LogP contribution in [0.3, 0.4) is 0 Å². The minimum Gasteiger partial charge on any atom is -0.466 e. The van der Waals surface area contributed by atoms with E-state index in [1.165, 1.54) is 0 Å². The first kappa shape index (κ1) is 16.8. The number of aryl methyl sites for hydroxylation is 2. The van der Waals surface area contributed by atoms with Gasteiger partial charge in [0.05, 0.1) is 11.0 Å². The molecule has 0 unspecified atom stereocenters. The molecule has 2 aliphatic rings. The lowest BCUT2D eigenvalue weighted by Crippen LogP contribution is -2.48. The fourth-order valence-electron chi connectivity index (χ4n) is 4.44. The summed E-state index contributed by atoms with van der Waals surface area (Å²) in [5.74, 6) is 1.05. The molecule has 5 nitrogen and oxygen atoms in total. The van der Waals surface area contributed by atoms with Crippen LogP contribution in [0, 0.1) is 19.3 Å². The number of carbonyl (C=O) groups excluding carboxylic acids is 2. The fourth-order valence-corrected chi connectivity index (χ4v) is 4.44. The van der Waals surface area contributed by atoms with Crippen molar-refractivity contribution in [3.8, 4) is 0 Å². The second-order valence-corrected chi connectivity index (χ2v) is 7.50. The average molecular weight is 330 g/mol. The van der Waals surface area contributed by atoms with E-state index in [9.17, 15) is 9.59 Å². The Bertz CT molecular complexity index is 714. The standard InChI is InChI=1S/C19H26N2O3/c1-11(2)7-8-19(18(20)23)10-14-5-6-16(19)21(14)17(22)15-9-12(3)24-13(15)4/h7,9,14,16H,5-6,8,10H2,1-4H3,(H2,20,23)/t14-,16+,19+/m0/s1. The first-order valence-corrected chi connectivity index (χ1v) is 8.59. The Balaban J connectivity index is 1.94. The number of rotatable bonds is 4. The van der Waals surface area contributed by atoms with Crippen molar-refractivity contribution in [3.63, 3.8) is 0 Å². The Morgan fingerprint density at radius 2 is 2.08 bits per heavy atom. The summed E-state index contributed by atoms with van der Waals surface area (Å²) in [4.78, 5) is 27.3. The van der Waals surface area contributed by atoms with Crippen LogP contribution in [0.25, 0.3) is 0 Å². The van der Waals surface area contributed by atoms with E-state index in [4.69, 9.17) is 10.2 Å². The maximum absolute atomic E-state index is 13.1. The minimum atomic E-state index is -0.636. The zero-order valence-corrected chi connectivity index (χ0v) is 14.9. The Kier molecular flexibility index (Phi) is 4.06. The third-order valence-electron chi connectivity index (χ3n) is 5.61. The van der Waals surface area contributed by atoms with Crippen molar-refractivity contribution < 1.29 is 14.0 Å². The Morgan fingerprint density at radius 1 is 1.38 bits per heavy atom. The van der Waals surface area contributed by atoms with E-state index in [1.807, 2.05) is 32.6 Å². The number of hydrogen-bond acceptors (Lipinski definition) is 3. The van der Waals surface area contributed by atoms with Gasteiger partial charge in [-0.15, -0.1) is 0 Å². The van der Waals surface area contributed by atoms with Gasteiger partial charge in [0.2, 0.25) is 5.91 Å². The molecule has 24 heavy (non-hydrogen) atoms. The maximum atomic E-state index is 13.1. The zero-order valence-electron chi connectivity index (χ0n) is 14.9. The van der Waals surface area contributed by atoms with Gasteiger partial charge < -0.3 is 15.1 Å². The van der Waals surface area contributed by atoms with Crippen molar-refractivity contribution in [2.75, 3.05) is 0 Å². The number of hydrogen-bond donors (Lipinski definition) is 1. The molecule has 2 aliphatic heterocycles. The lowest BCUT2D eigenvalue weighted by atomic mass is 9.70. The van der Waals surface area contributed by atoms with Gasteiger partial charge >= 0.3 is 0 Å². The monoisotopic (exact) mass is 330 g/mol. The molecule has 2 saturated heterocycles. The molecule has 1 aromatic heterocycles. The van der Waals surface area contributed by atoms with Crippen molar-refractivity contribution in [1.29, 1.82) is 0 Å². The van der Waals surface area contributed by atoms with Crippen LogP contribution in [-0.4, -0.2) is 28.8 Å².